The Morgan fingerprint density at radius 2 is 1.90 bits per heavy atom. The zero-order chi connectivity index (χ0) is 15.2. The summed E-state index contributed by atoms with van der Waals surface area (Å²) in [5.41, 5.74) is 1.20. The highest BCUT2D eigenvalue weighted by atomic mass is 16.5. The van der Waals surface area contributed by atoms with Crippen molar-refractivity contribution in [2.45, 2.75) is 33.0 Å². The molecule has 0 radical (unpaired) electrons. The predicted octanol–water partition coefficient (Wildman–Crippen LogP) is 2.19. The number of rotatable bonds is 4. The Hall–Kier alpha value is -1.75. The Labute approximate surface area is 126 Å². The highest BCUT2D eigenvalue weighted by Gasteiger charge is 2.25. The molecule has 0 aliphatic carbocycles. The Kier molecular flexibility index (Phi) is 5.44. The maximum Gasteiger partial charge on any atom is 0.317 e. The van der Waals surface area contributed by atoms with Crippen molar-refractivity contribution in [2.24, 2.45) is 0 Å². The minimum atomic E-state index is -0.0514. The zero-order valence-corrected chi connectivity index (χ0v) is 13.0. The van der Waals surface area contributed by atoms with Crippen molar-refractivity contribution >= 4 is 6.03 Å². The molecule has 2 atom stereocenters. The molecule has 1 aliphatic rings. The summed E-state index contributed by atoms with van der Waals surface area (Å²) >= 11 is 0. The summed E-state index contributed by atoms with van der Waals surface area (Å²) < 4.78 is 11.2. The summed E-state index contributed by atoms with van der Waals surface area (Å²) in [5, 5.41) is 2.88. The lowest BCUT2D eigenvalue weighted by molar-refractivity contribution is -0.0545. The molecule has 1 fully saturated rings. The second-order valence-corrected chi connectivity index (χ2v) is 5.56. The van der Waals surface area contributed by atoms with Crippen LogP contribution in [0, 0.1) is 6.92 Å². The van der Waals surface area contributed by atoms with Gasteiger partial charge in [-0.1, -0.05) is 17.7 Å². The Balaban J connectivity index is 1.68. The number of hydrogen-bond donors (Lipinski definition) is 1. The van der Waals surface area contributed by atoms with Crippen LogP contribution in [-0.2, 0) is 4.74 Å². The van der Waals surface area contributed by atoms with E-state index in [0.29, 0.717) is 26.2 Å². The lowest BCUT2D eigenvalue weighted by Crippen LogP contribution is -2.52. The van der Waals surface area contributed by atoms with Gasteiger partial charge in [0.2, 0.25) is 0 Å². The Morgan fingerprint density at radius 3 is 2.52 bits per heavy atom. The molecule has 2 rings (SSSR count). The molecule has 2 amide bonds. The first-order chi connectivity index (χ1) is 10.0. The number of hydrogen-bond acceptors (Lipinski definition) is 3. The van der Waals surface area contributed by atoms with Crippen molar-refractivity contribution in [1.29, 1.82) is 0 Å². The van der Waals surface area contributed by atoms with Gasteiger partial charge in [0.25, 0.3) is 0 Å². The van der Waals surface area contributed by atoms with E-state index >= 15 is 0 Å². The fourth-order valence-electron chi connectivity index (χ4n) is 2.42. The van der Waals surface area contributed by atoms with Gasteiger partial charge in [-0.15, -0.1) is 0 Å². The van der Waals surface area contributed by atoms with Gasteiger partial charge in [-0.2, -0.15) is 0 Å². The fraction of sp³-hybridized carbons (Fsp3) is 0.562. The summed E-state index contributed by atoms with van der Waals surface area (Å²) in [4.78, 5) is 13.8. The van der Waals surface area contributed by atoms with Gasteiger partial charge in [-0.25, -0.2) is 4.79 Å². The predicted molar refractivity (Wildman–Crippen MR) is 81.7 cm³/mol. The normalized spacial score (nSPS) is 22.0. The molecule has 0 spiro atoms. The number of nitrogens with zero attached hydrogens (tertiary/aromatic N) is 1. The molecule has 1 saturated heterocycles. The first-order valence-electron chi connectivity index (χ1n) is 7.42. The first kappa shape index (κ1) is 15.6. The topological polar surface area (TPSA) is 50.8 Å². The number of amides is 2. The molecule has 116 valence electrons. The van der Waals surface area contributed by atoms with Gasteiger partial charge in [0.05, 0.1) is 18.8 Å². The molecule has 1 N–H and O–H groups in total. The van der Waals surface area contributed by atoms with E-state index in [1.54, 1.807) is 4.90 Å². The van der Waals surface area contributed by atoms with E-state index in [1.807, 2.05) is 45.0 Å². The minimum Gasteiger partial charge on any atom is -0.492 e. The van der Waals surface area contributed by atoms with Crippen molar-refractivity contribution in [3.05, 3.63) is 29.8 Å². The molecule has 5 nitrogen and oxygen atoms in total. The van der Waals surface area contributed by atoms with Gasteiger partial charge >= 0.3 is 6.03 Å². The number of benzene rings is 1. The molecule has 1 heterocycles. The minimum absolute atomic E-state index is 0.0514. The smallest absolute Gasteiger partial charge is 0.317 e. The molecule has 2 unspecified atom stereocenters. The van der Waals surface area contributed by atoms with Crippen LogP contribution in [0.15, 0.2) is 24.3 Å². The van der Waals surface area contributed by atoms with E-state index in [9.17, 15) is 4.79 Å². The largest absolute Gasteiger partial charge is 0.492 e. The van der Waals surface area contributed by atoms with Gasteiger partial charge in [0.1, 0.15) is 12.4 Å². The number of carbonyl (C=O) groups is 1. The van der Waals surface area contributed by atoms with Gasteiger partial charge in [0, 0.05) is 13.1 Å². The lowest BCUT2D eigenvalue weighted by atomic mass is 10.2. The van der Waals surface area contributed by atoms with Crippen molar-refractivity contribution < 1.29 is 14.3 Å². The molecule has 0 saturated carbocycles. The second kappa shape index (κ2) is 7.31. The summed E-state index contributed by atoms with van der Waals surface area (Å²) in [7, 11) is 0. The van der Waals surface area contributed by atoms with E-state index in [1.165, 1.54) is 5.56 Å². The van der Waals surface area contributed by atoms with E-state index in [-0.39, 0.29) is 18.2 Å². The maximum atomic E-state index is 12.0. The van der Waals surface area contributed by atoms with Gasteiger partial charge in [-0.3, -0.25) is 0 Å². The van der Waals surface area contributed by atoms with Crippen LogP contribution in [0.3, 0.4) is 0 Å². The van der Waals surface area contributed by atoms with Crippen LogP contribution in [0.25, 0.3) is 0 Å². The van der Waals surface area contributed by atoms with Crippen molar-refractivity contribution in [3.8, 4) is 5.75 Å². The van der Waals surface area contributed by atoms with Gasteiger partial charge in [-0.05, 0) is 32.9 Å². The third-order valence-corrected chi connectivity index (χ3v) is 3.37. The van der Waals surface area contributed by atoms with E-state index < -0.39 is 0 Å². The highest BCUT2D eigenvalue weighted by molar-refractivity contribution is 5.74. The van der Waals surface area contributed by atoms with Crippen LogP contribution in [0.5, 0.6) is 5.75 Å². The molecule has 0 aromatic heterocycles. The molecule has 0 bridgehead atoms. The Bertz CT molecular complexity index is 451. The SMILES string of the molecule is Cc1ccc(OCCNC(=O)N2CC(C)OC(C)C2)cc1. The average molecular weight is 292 g/mol. The molecule has 5 heteroatoms. The third-order valence-electron chi connectivity index (χ3n) is 3.37. The first-order valence-corrected chi connectivity index (χ1v) is 7.42. The summed E-state index contributed by atoms with van der Waals surface area (Å²) in [6.45, 7) is 8.22. The number of aryl methyl sites for hydroxylation is 1. The Morgan fingerprint density at radius 1 is 1.29 bits per heavy atom. The van der Waals surface area contributed by atoms with Crippen molar-refractivity contribution in [3.63, 3.8) is 0 Å². The zero-order valence-electron chi connectivity index (χ0n) is 13.0. The van der Waals surface area contributed by atoms with Crippen LogP contribution >= 0.6 is 0 Å². The van der Waals surface area contributed by atoms with Crippen LogP contribution in [0.4, 0.5) is 4.79 Å². The van der Waals surface area contributed by atoms with Crippen LogP contribution in [0.2, 0.25) is 0 Å². The lowest BCUT2D eigenvalue weighted by Gasteiger charge is -2.35. The average Bonchev–Trinajstić information content (AvgIpc) is 2.44. The fourth-order valence-corrected chi connectivity index (χ4v) is 2.42. The monoisotopic (exact) mass is 292 g/mol. The summed E-state index contributed by atoms with van der Waals surface area (Å²) in [6, 6.07) is 7.82. The van der Waals surface area contributed by atoms with Crippen LogP contribution in [-0.4, -0.2) is 49.4 Å². The maximum absolute atomic E-state index is 12.0. The standard InChI is InChI=1S/C16H24N2O3/c1-12-4-6-15(7-5-12)20-9-8-17-16(19)18-10-13(2)21-14(3)11-18/h4-7,13-14H,8-11H2,1-3H3,(H,17,19). The van der Waals surface area contributed by atoms with E-state index in [4.69, 9.17) is 9.47 Å². The summed E-state index contributed by atoms with van der Waals surface area (Å²) in [6.07, 6.45) is 0.173. The van der Waals surface area contributed by atoms with Crippen LogP contribution in [0.1, 0.15) is 19.4 Å². The van der Waals surface area contributed by atoms with Gasteiger partial charge < -0.3 is 19.7 Å². The van der Waals surface area contributed by atoms with Gasteiger partial charge in [0.15, 0.2) is 0 Å². The molecule has 1 aromatic carbocycles. The molecule has 21 heavy (non-hydrogen) atoms. The number of ether oxygens (including phenoxy) is 2. The van der Waals surface area contributed by atoms with Crippen LogP contribution < -0.4 is 10.1 Å². The number of morpholine rings is 1. The highest BCUT2D eigenvalue weighted by Crippen LogP contribution is 2.11. The summed E-state index contributed by atoms with van der Waals surface area (Å²) in [5.74, 6) is 0.823. The molecular weight excluding hydrogens is 268 g/mol. The van der Waals surface area contributed by atoms with E-state index in [0.717, 1.165) is 5.75 Å². The number of urea groups is 1. The molecule has 1 aliphatic heterocycles. The third kappa shape index (κ3) is 4.93. The molecular formula is C16H24N2O3. The second-order valence-electron chi connectivity index (χ2n) is 5.56. The number of carbonyl (C=O) groups excluding carboxylic acids is 1. The van der Waals surface area contributed by atoms with Crippen molar-refractivity contribution in [1.82, 2.24) is 10.2 Å². The molecule has 1 aromatic rings. The van der Waals surface area contributed by atoms with Crippen molar-refractivity contribution in [2.75, 3.05) is 26.2 Å². The quantitative estimate of drug-likeness (QED) is 0.866. The van der Waals surface area contributed by atoms with E-state index in [2.05, 4.69) is 5.32 Å². The number of nitrogens with one attached hydrogen (secondary N) is 1.